The topological polar surface area (TPSA) is 190 Å². The summed E-state index contributed by atoms with van der Waals surface area (Å²) in [6.07, 6.45) is 4.80. The van der Waals surface area contributed by atoms with E-state index in [2.05, 4.69) is 41.9 Å². The van der Waals surface area contributed by atoms with Gasteiger partial charge in [-0.25, -0.2) is 19.2 Å². The summed E-state index contributed by atoms with van der Waals surface area (Å²) in [5.41, 5.74) is 6.15. The molecule has 2 fully saturated rings. The van der Waals surface area contributed by atoms with E-state index in [-0.39, 0.29) is 42.1 Å². The van der Waals surface area contributed by atoms with Crippen molar-refractivity contribution in [3.05, 3.63) is 124 Å². The Morgan fingerprint density at radius 3 is 2.48 bits per heavy atom. The summed E-state index contributed by atoms with van der Waals surface area (Å²) in [6, 6.07) is 26.1. The van der Waals surface area contributed by atoms with Crippen molar-refractivity contribution >= 4 is 78.7 Å². The first-order valence-electron chi connectivity index (χ1n) is 25.6. The number of imide groups is 1. The Kier molecular flexibility index (Phi) is 14.5. The van der Waals surface area contributed by atoms with Crippen molar-refractivity contribution in [1.82, 2.24) is 30.0 Å². The Bertz CT molecular complexity index is 3340. The van der Waals surface area contributed by atoms with Crippen LogP contribution in [0.5, 0.6) is 5.75 Å². The number of pyridine rings is 1. The molecule has 3 aliphatic rings. The zero-order valence-electron chi connectivity index (χ0n) is 42.8. The average Bonchev–Trinajstić information content (AvgIpc) is 3.95. The minimum absolute atomic E-state index is 0.0415. The van der Waals surface area contributed by atoms with Crippen LogP contribution in [-0.2, 0) is 39.1 Å². The lowest BCUT2D eigenvalue weighted by Gasteiger charge is -2.31. The molecule has 0 radical (unpaired) electrons. The van der Waals surface area contributed by atoms with Crippen molar-refractivity contribution in [2.75, 3.05) is 48.3 Å². The number of likely N-dealkylation sites (tertiary alicyclic amines) is 1. The summed E-state index contributed by atoms with van der Waals surface area (Å²) in [5, 5.41) is 13.6. The lowest BCUT2D eigenvalue weighted by molar-refractivity contribution is -0.134. The van der Waals surface area contributed by atoms with E-state index in [9.17, 15) is 24.0 Å². The summed E-state index contributed by atoms with van der Waals surface area (Å²) in [4.78, 5) is 79.0. The molecule has 3 N–H and O–H groups in total. The standard InChI is InChI=1S/C57H60FN9O7S/c1-33-36(37-18-20-48(61-52(37)55(72)74-57(2,3)4)67-27-24-35-12-8-14-38(41(35)31-67)53(70)63-56-60-43-15-6-7-17-47(43)75-56)13-9-16-46(33)73-28-10-11-34-22-25-66(26-23-34)32-50(69)59-44-30-45-40(29-42(44)58)51(64-65(45)5)39-19-21-49(68)62-54(39)71/h6-9,12-18,20,29-30,34,39H,10-11,19,21-28,31-32H2,1-5H3,(H,59,69)(H,60,63,70)(H,62,68,71). The van der Waals surface area contributed by atoms with Crippen LogP contribution >= 0.6 is 11.3 Å². The van der Waals surface area contributed by atoms with Gasteiger partial charge in [-0.1, -0.05) is 47.7 Å². The maximum atomic E-state index is 15.4. The SMILES string of the molecule is Cc1c(OCCCC2CCN(CC(=O)Nc3cc4c(cc3F)c(C3CCC(=O)NC3=O)nn4C)CC2)cccc1-c1ccc(N2CCc3cccc(C(=O)Nc4nc5ccccc5s4)c3C2)nc1C(=O)OC(C)(C)C. The van der Waals surface area contributed by atoms with Gasteiger partial charge in [-0.15, -0.1) is 0 Å². The van der Waals surface area contributed by atoms with Crippen LogP contribution in [-0.4, -0.2) is 92.6 Å². The molecule has 1 unspecified atom stereocenters. The van der Waals surface area contributed by atoms with Crippen LogP contribution in [0, 0.1) is 18.7 Å². The molecule has 75 heavy (non-hydrogen) atoms. The van der Waals surface area contributed by atoms with Crippen molar-refractivity contribution in [2.24, 2.45) is 13.0 Å². The largest absolute Gasteiger partial charge is 0.493 e. The van der Waals surface area contributed by atoms with Crippen LogP contribution in [0.25, 0.3) is 32.2 Å². The number of anilines is 3. The first-order valence-corrected chi connectivity index (χ1v) is 26.4. The zero-order chi connectivity index (χ0) is 52.5. The normalized spacial score (nSPS) is 16.5. The van der Waals surface area contributed by atoms with Crippen molar-refractivity contribution in [3.63, 3.8) is 0 Å². The third kappa shape index (κ3) is 11.3. The van der Waals surface area contributed by atoms with Crippen molar-refractivity contribution in [2.45, 2.75) is 90.7 Å². The first kappa shape index (κ1) is 50.9. The van der Waals surface area contributed by atoms with E-state index >= 15 is 4.39 Å². The molecule has 0 spiro atoms. The van der Waals surface area contributed by atoms with Crippen LogP contribution in [0.15, 0.2) is 84.9 Å². The maximum Gasteiger partial charge on any atom is 0.358 e. The number of carbonyl (C=O) groups excluding carboxylic acids is 5. The maximum absolute atomic E-state index is 15.4. The van der Waals surface area contributed by atoms with E-state index in [1.165, 1.54) is 23.5 Å². The third-order valence-corrected chi connectivity index (χ3v) is 15.3. The van der Waals surface area contributed by atoms with E-state index in [4.69, 9.17) is 14.5 Å². The number of hydrogen-bond acceptors (Lipinski definition) is 13. The van der Waals surface area contributed by atoms with Gasteiger partial charge in [-0.3, -0.25) is 39.4 Å². The highest BCUT2D eigenvalue weighted by atomic mass is 32.1. The smallest absolute Gasteiger partial charge is 0.358 e. The van der Waals surface area contributed by atoms with Crippen LogP contribution in [0.2, 0.25) is 0 Å². The molecule has 6 heterocycles. The van der Waals surface area contributed by atoms with Gasteiger partial charge >= 0.3 is 5.97 Å². The van der Waals surface area contributed by atoms with Gasteiger partial charge in [-0.05, 0) is 156 Å². The molecule has 3 aromatic heterocycles. The molecule has 16 nitrogen and oxygen atoms in total. The molecule has 0 bridgehead atoms. The fraction of sp³-hybridized carbons (Fsp3) is 0.368. The number of esters is 1. The van der Waals surface area contributed by atoms with Crippen LogP contribution in [0.3, 0.4) is 0 Å². The third-order valence-electron chi connectivity index (χ3n) is 14.3. The van der Waals surface area contributed by atoms with Gasteiger partial charge in [0.1, 0.15) is 23.0 Å². The summed E-state index contributed by atoms with van der Waals surface area (Å²) < 4.78 is 30.3. The second-order valence-electron chi connectivity index (χ2n) is 20.7. The predicted molar refractivity (Wildman–Crippen MR) is 287 cm³/mol. The number of piperidine rings is 2. The predicted octanol–water partition coefficient (Wildman–Crippen LogP) is 9.49. The van der Waals surface area contributed by atoms with Crippen LogP contribution in [0.4, 0.5) is 21.0 Å². The number of ether oxygens (including phenoxy) is 2. The minimum Gasteiger partial charge on any atom is -0.493 e. The molecule has 18 heteroatoms. The van der Waals surface area contributed by atoms with Gasteiger partial charge < -0.3 is 19.7 Å². The van der Waals surface area contributed by atoms with E-state index in [1.807, 2.05) is 94.4 Å². The van der Waals surface area contributed by atoms with Gasteiger partial charge in [0.15, 0.2) is 10.8 Å². The average molecular weight is 1030 g/mol. The summed E-state index contributed by atoms with van der Waals surface area (Å²) in [5.74, 6) is -1.38. The van der Waals surface area contributed by atoms with Crippen molar-refractivity contribution in [1.29, 1.82) is 0 Å². The first-order chi connectivity index (χ1) is 36.0. The molecule has 4 amide bonds. The number of fused-ring (bicyclic) bond motifs is 3. The molecule has 4 aromatic carbocycles. The van der Waals surface area contributed by atoms with Crippen LogP contribution < -0.4 is 25.6 Å². The molecular weight excluding hydrogens is 974 g/mol. The Hall–Kier alpha value is -7.57. The highest BCUT2D eigenvalue weighted by molar-refractivity contribution is 7.22. The number of halogens is 1. The molecule has 2 saturated heterocycles. The van der Waals surface area contributed by atoms with E-state index in [0.29, 0.717) is 82.9 Å². The van der Waals surface area contributed by atoms with E-state index in [1.54, 1.807) is 11.7 Å². The number of amides is 4. The lowest BCUT2D eigenvalue weighted by Crippen LogP contribution is -2.39. The number of hydrogen-bond donors (Lipinski definition) is 3. The van der Waals surface area contributed by atoms with Crippen LogP contribution in [0.1, 0.15) is 108 Å². The number of nitrogens with zero attached hydrogens (tertiary/aromatic N) is 6. The Morgan fingerprint density at radius 1 is 0.893 bits per heavy atom. The summed E-state index contributed by atoms with van der Waals surface area (Å²) >= 11 is 1.43. The second kappa shape index (κ2) is 21.3. The molecule has 3 aliphatic heterocycles. The number of nitrogens with one attached hydrogen (secondary N) is 3. The van der Waals surface area contributed by atoms with Gasteiger partial charge in [0, 0.05) is 43.1 Å². The molecule has 1 atom stereocenters. The minimum atomic E-state index is -0.764. The molecule has 0 saturated carbocycles. The van der Waals surface area contributed by atoms with Gasteiger partial charge in [0.2, 0.25) is 17.7 Å². The number of rotatable bonds is 14. The fourth-order valence-corrected chi connectivity index (χ4v) is 11.3. The monoisotopic (exact) mass is 1030 g/mol. The van der Waals surface area contributed by atoms with Gasteiger partial charge in [-0.2, -0.15) is 5.10 Å². The number of aryl methyl sites for hydroxylation is 1. The molecular formula is C57H60FN9O7S. The second-order valence-corrected chi connectivity index (χ2v) is 21.7. The van der Waals surface area contributed by atoms with Crippen molar-refractivity contribution in [3.8, 4) is 16.9 Å². The number of para-hydroxylation sites is 1. The van der Waals surface area contributed by atoms with Gasteiger partial charge in [0.05, 0.1) is 46.2 Å². The number of thiazole rings is 1. The van der Waals surface area contributed by atoms with Crippen molar-refractivity contribution < 1.29 is 37.8 Å². The number of aromatic nitrogens is 4. The van der Waals surface area contributed by atoms with Gasteiger partial charge in [0.25, 0.3) is 5.91 Å². The molecule has 0 aliphatic carbocycles. The Morgan fingerprint density at radius 2 is 1.69 bits per heavy atom. The van der Waals surface area contributed by atoms with E-state index < -0.39 is 29.2 Å². The Labute approximate surface area is 438 Å². The highest BCUT2D eigenvalue weighted by Crippen LogP contribution is 2.37. The quantitative estimate of drug-likeness (QED) is 0.0532. The molecule has 388 valence electrons. The summed E-state index contributed by atoms with van der Waals surface area (Å²) in [6.45, 7) is 10.6. The molecule has 10 rings (SSSR count). The fourth-order valence-electron chi connectivity index (χ4n) is 10.5. The highest BCUT2D eigenvalue weighted by Gasteiger charge is 2.33. The number of carbonyl (C=O) groups is 5. The van der Waals surface area contributed by atoms with E-state index in [0.717, 1.165) is 71.2 Å². The lowest BCUT2D eigenvalue weighted by atomic mass is 9.92. The summed E-state index contributed by atoms with van der Waals surface area (Å²) in [7, 11) is 1.70. The molecule has 7 aromatic rings. The zero-order valence-corrected chi connectivity index (χ0v) is 43.6. The Balaban J connectivity index is 0.744. The number of benzene rings is 4.